The van der Waals surface area contributed by atoms with Gasteiger partial charge in [-0.2, -0.15) is 0 Å². The van der Waals surface area contributed by atoms with Crippen molar-refractivity contribution in [2.75, 3.05) is 0 Å². The number of carbonyl (C=O) groups excluding carboxylic acids is 1. The first-order valence-electron chi connectivity index (χ1n) is 15.9. The number of carbonyl (C=O) groups is 2. The molecule has 5 aliphatic carbocycles. The van der Waals surface area contributed by atoms with Crippen molar-refractivity contribution >= 4 is 11.9 Å². The van der Waals surface area contributed by atoms with Crippen molar-refractivity contribution in [3.8, 4) is 0 Å². The molecule has 220 valence electrons. The highest BCUT2D eigenvalue weighted by molar-refractivity contribution is 5.80. The van der Waals surface area contributed by atoms with Gasteiger partial charge < -0.3 is 9.84 Å². The van der Waals surface area contributed by atoms with E-state index in [9.17, 15) is 14.7 Å². The minimum Gasteiger partial charge on any atom is -0.481 e. The van der Waals surface area contributed by atoms with Crippen LogP contribution in [-0.2, 0) is 14.3 Å². The summed E-state index contributed by atoms with van der Waals surface area (Å²) in [6.45, 7) is 22.9. The summed E-state index contributed by atoms with van der Waals surface area (Å²) < 4.78 is 6.24. The van der Waals surface area contributed by atoms with Crippen LogP contribution in [0.15, 0.2) is 11.6 Å². The topological polar surface area (TPSA) is 63.6 Å². The molecule has 0 saturated heterocycles. The highest BCUT2D eigenvalue weighted by Gasteiger charge is 2.70. The average molecular weight is 541 g/mol. The molecule has 4 fully saturated rings. The molecule has 5 rings (SSSR count). The zero-order valence-corrected chi connectivity index (χ0v) is 26.6. The quantitative estimate of drug-likeness (QED) is 0.281. The normalized spacial score (nSPS) is 46.5. The molecule has 0 aromatic heterocycles. The number of rotatable bonds is 2. The Kier molecular flexibility index (Phi) is 6.44. The number of fused-ring (bicyclic) bond motifs is 7. The lowest BCUT2D eigenvalue weighted by Gasteiger charge is -2.72. The third kappa shape index (κ3) is 3.95. The molecule has 4 nitrogen and oxygen atoms in total. The highest BCUT2D eigenvalue weighted by atomic mass is 16.5. The predicted octanol–water partition coefficient (Wildman–Crippen LogP) is 8.83. The van der Waals surface area contributed by atoms with Crippen molar-refractivity contribution in [1.29, 1.82) is 0 Å². The van der Waals surface area contributed by atoms with Crippen LogP contribution in [0.3, 0.4) is 0 Å². The molecule has 8 atom stereocenters. The molecule has 4 heteroatoms. The summed E-state index contributed by atoms with van der Waals surface area (Å²) in [4.78, 5) is 25.8. The number of aliphatic carboxylic acids is 1. The first kappa shape index (κ1) is 29.2. The Balaban J connectivity index is 1.49. The zero-order chi connectivity index (χ0) is 29.0. The SMILES string of the molecule is CC1(C)C=C2[C@H]3CC[C@@H]4[C@@]5(C)CC[C@H](OC(=O)C(C)(C)C)C(C)(C)[C@@H]5CC[C@@]4(C)[C@]3(C)CC[C@@]2(C(=O)O)CC1. The standard InChI is InChI=1S/C35H56O4/c1-29(2,3)28(38)39-26-14-15-32(8)24(31(26,6)7)13-16-34(10)25(32)12-11-22-23-21-30(4,5)17-19-35(23,27(36)37)20-18-33(22,34)9/h21-22,24-26H,11-20H2,1-10H3,(H,36,37)/t22-,24+,25-,26+,32+,33-,34-,35+/m1/s1. The summed E-state index contributed by atoms with van der Waals surface area (Å²) in [5.41, 5.74) is 0.654. The molecule has 0 aromatic rings. The van der Waals surface area contributed by atoms with Crippen LogP contribution in [-0.4, -0.2) is 23.1 Å². The average Bonchev–Trinajstić information content (AvgIpc) is 2.80. The first-order chi connectivity index (χ1) is 17.7. The van der Waals surface area contributed by atoms with E-state index in [1.165, 1.54) is 18.4 Å². The molecular formula is C35H56O4. The van der Waals surface area contributed by atoms with Crippen LogP contribution in [0, 0.1) is 55.7 Å². The van der Waals surface area contributed by atoms with E-state index in [0.717, 1.165) is 51.4 Å². The highest BCUT2D eigenvalue weighted by Crippen LogP contribution is 2.76. The molecule has 0 unspecified atom stereocenters. The molecule has 0 bridgehead atoms. The van der Waals surface area contributed by atoms with Gasteiger partial charge in [0.2, 0.25) is 0 Å². The Morgan fingerprint density at radius 3 is 2.05 bits per heavy atom. The Labute approximate surface area is 238 Å². The molecule has 0 radical (unpaired) electrons. The summed E-state index contributed by atoms with van der Waals surface area (Å²) in [7, 11) is 0. The van der Waals surface area contributed by atoms with Crippen LogP contribution in [0.4, 0.5) is 0 Å². The fraction of sp³-hybridized carbons (Fsp3) is 0.886. The van der Waals surface area contributed by atoms with Gasteiger partial charge >= 0.3 is 11.9 Å². The predicted molar refractivity (Wildman–Crippen MR) is 156 cm³/mol. The van der Waals surface area contributed by atoms with Gasteiger partial charge in [-0.3, -0.25) is 9.59 Å². The lowest BCUT2D eigenvalue weighted by atomic mass is 9.32. The first-order valence-corrected chi connectivity index (χ1v) is 15.9. The maximum absolute atomic E-state index is 12.9. The van der Waals surface area contributed by atoms with Gasteiger partial charge in [0.05, 0.1) is 10.8 Å². The van der Waals surface area contributed by atoms with E-state index in [0.29, 0.717) is 17.8 Å². The molecule has 4 saturated carbocycles. The lowest BCUT2D eigenvalue weighted by Crippen LogP contribution is -2.66. The molecule has 0 aromatic carbocycles. The summed E-state index contributed by atoms with van der Waals surface area (Å²) in [5, 5.41) is 10.6. The van der Waals surface area contributed by atoms with Gasteiger partial charge in [-0.25, -0.2) is 0 Å². The van der Waals surface area contributed by atoms with Crippen LogP contribution < -0.4 is 0 Å². The molecule has 39 heavy (non-hydrogen) atoms. The van der Waals surface area contributed by atoms with Crippen LogP contribution >= 0.6 is 0 Å². The van der Waals surface area contributed by atoms with Crippen LogP contribution in [0.1, 0.15) is 133 Å². The fourth-order valence-corrected chi connectivity index (χ4v) is 11.2. The third-order valence-electron chi connectivity index (χ3n) is 13.8. The van der Waals surface area contributed by atoms with Crippen LogP contribution in [0.5, 0.6) is 0 Å². The zero-order valence-electron chi connectivity index (χ0n) is 26.6. The van der Waals surface area contributed by atoms with Crippen LogP contribution in [0.25, 0.3) is 0 Å². The van der Waals surface area contributed by atoms with Crippen molar-refractivity contribution in [3.05, 3.63) is 11.6 Å². The van der Waals surface area contributed by atoms with E-state index in [2.05, 4.69) is 54.5 Å². The van der Waals surface area contributed by atoms with Crippen molar-refractivity contribution < 1.29 is 19.4 Å². The fourth-order valence-electron chi connectivity index (χ4n) is 11.2. The Hall–Kier alpha value is -1.32. The minimum atomic E-state index is -0.652. The van der Waals surface area contributed by atoms with Crippen molar-refractivity contribution in [2.24, 2.45) is 55.7 Å². The molecule has 5 aliphatic rings. The van der Waals surface area contributed by atoms with Crippen molar-refractivity contribution in [1.82, 2.24) is 0 Å². The maximum atomic E-state index is 12.9. The van der Waals surface area contributed by atoms with Crippen LogP contribution in [0.2, 0.25) is 0 Å². The smallest absolute Gasteiger partial charge is 0.313 e. The van der Waals surface area contributed by atoms with Gasteiger partial charge in [0.1, 0.15) is 6.10 Å². The van der Waals surface area contributed by atoms with E-state index in [-0.39, 0.29) is 39.1 Å². The second-order valence-electron chi connectivity index (χ2n) is 17.6. The molecule has 0 spiro atoms. The molecule has 1 N–H and O–H groups in total. The summed E-state index contributed by atoms with van der Waals surface area (Å²) in [5.74, 6) is 0.826. The monoisotopic (exact) mass is 540 g/mol. The van der Waals surface area contributed by atoms with Gasteiger partial charge in [0.15, 0.2) is 0 Å². The largest absolute Gasteiger partial charge is 0.481 e. The minimum absolute atomic E-state index is 0.0286. The number of ether oxygens (including phenoxy) is 1. The van der Waals surface area contributed by atoms with Crippen molar-refractivity contribution in [3.63, 3.8) is 0 Å². The van der Waals surface area contributed by atoms with E-state index in [4.69, 9.17) is 4.74 Å². The van der Waals surface area contributed by atoms with E-state index in [1.54, 1.807) is 0 Å². The van der Waals surface area contributed by atoms with E-state index < -0.39 is 16.8 Å². The molecule has 0 heterocycles. The van der Waals surface area contributed by atoms with Gasteiger partial charge in [-0.05, 0) is 124 Å². The maximum Gasteiger partial charge on any atom is 0.313 e. The van der Waals surface area contributed by atoms with Gasteiger partial charge in [0.25, 0.3) is 0 Å². The Morgan fingerprint density at radius 2 is 1.44 bits per heavy atom. The number of allylic oxidation sites excluding steroid dienone is 1. The number of hydrogen-bond donors (Lipinski definition) is 1. The third-order valence-corrected chi connectivity index (χ3v) is 13.8. The lowest BCUT2D eigenvalue weighted by molar-refractivity contribution is -0.235. The van der Waals surface area contributed by atoms with Gasteiger partial charge in [0, 0.05) is 5.41 Å². The van der Waals surface area contributed by atoms with E-state index in [1.807, 2.05) is 20.8 Å². The van der Waals surface area contributed by atoms with Gasteiger partial charge in [-0.15, -0.1) is 0 Å². The molecule has 0 amide bonds. The Bertz CT molecular complexity index is 1080. The Morgan fingerprint density at radius 1 is 0.795 bits per heavy atom. The number of carboxylic acids is 1. The molecule has 0 aliphatic heterocycles. The number of hydrogen-bond acceptors (Lipinski definition) is 3. The summed E-state index contributed by atoms with van der Waals surface area (Å²) in [6.07, 6.45) is 12.6. The van der Waals surface area contributed by atoms with Gasteiger partial charge in [-0.1, -0.05) is 60.1 Å². The second-order valence-corrected chi connectivity index (χ2v) is 17.6. The summed E-state index contributed by atoms with van der Waals surface area (Å²) in [6, 6.07) is 0. The second kappa shape index (κ2) is 8.60. The summed E-state index contributed by atoms with van der Waals surface area (Å²) >= 11 is 0. The van der Waals surface area contributed by atoms with E-state index >= 15 is 0 Å². The van der Waals surface area contributed by atoms with Crippen molar-refractivity contribution in [2.45, 2.75) is 140 Å². The number of carboxylic acid groups (broad SMARTS) is 1. The molecular weight excluding hydrogens is 484 g/mol. The number of esters is 1.